The molecule has 1 aromatic carbocycles. The Kier molecular flexibility index (Phi) is 5.56. The van der Waals surface area contributed by atoms with Crippen molar-refractivity contribution in [2.45, 2.75) is 20.3 Å². The van der Waals surface area contributed by atoms with E-state index < -0.39 is 0 Å². The summed E-state index contributed by atoms with van der Waals surface area (Å²) in [6.07, 6.45) is 2.76. The molecule has 0 aliphatic heterocycles. The molecule has 0 fully saturated rings. The molecule has 1 aromatic heterocycles. The standard InChI is InChI=1S/C16H20BrN3O/c1-11(2)6-7-18-15(21)10-19-14-5-3-4-12-8-13(17)9-20-16(12)14/h3-5,8-9,11,19H,6-7,10H2,1-2H3,(H,18,21). The predicted molar refractivity (Wildman–Crippen MR) is 90.4 cm³/mol. The van der Waals surface area contributed by atoms with Crippen molar-refractivity contribution in [3.63, 3.8) is 0 Å². The summed E-state index contributed by atoms with van der Waals surface area (Å²) in [4.78, 5) is 16.2. The van der Waals surface area contributed by atoms with Crippen LogP contribution in [0, 0.1) is 5.92 Å². The van der Waals surface area contributed by atoms with E-state index in [1.165, 1.54) is 0 Å². The smallest absolute Gasteiger partial charge is 0.239 e. The van der Waals surface area contributed by atoms with Crippen LogP contribution in [0.5, 0.6) is 0 Å². The number of carbonyl (C=O) groups excluding carboxylic acids is 1. The maximum Gasteiger partial charge on any atom is 0.239 e. The van der Waals surface area contributed by atoms with Gasteiger partial charge in [-0.05, 0) is 40.4 Å². The van der Waals surface area contributed by atoms with Gasteiger partial charge >= 0.3 is 0 Å². The number of anilines is 1. The lowest BCUT2D eigenvalue weighted by Gasteiger charge is -2.10. The summed E-state index contributed by atoms with van der Waals surface area (Å²) >= 11 is 3.41. The molecule has 0 radical (unpaired) electrons. The normalized spacial score (nSPS) is 10.9. The first-order valence-corrected chi connectivity index (χ1v) is 7.90. The molecular formula is C16H20BrN3O. The molecule has 4 nitrogen and oxygen atoms in total. The largest absolute Gasteiger partial charge is 0.374 e. The first kappa shape index (κ1) is 15.8. The maximum atomic E-state index is 11.8. The first-order chi connectivity index (χ1) is 10.1. The molecule has 21 heavy (non-hydrogen) atoms. The highest BCUT2D eigenvalue weighted by Crippen LogP contribution is 2.23. The third-order valence-corrected chi connectivity index (χ3v) is 3.59. The molecule has 112 valence electrons. The molecule has 2 aromatic rings. The third-order valence-electron chi connectivity index (χ3n) is 3.16. The second-order valence-electron chi connectivity index (χ2n) is 5.42. The van der Waals surface area contributed by atoms with E-state index >= 15 is 0 Å². The van der Waals surface area contributed by atoms with Crippen LogP contribution < -0.4 is 10.6 Å². The molecule has 2 N–H and O–H groups in total. The van der Waals surface area contributed by atoms with Crippen LogP contribution in [-0.4, -0.2) is 24.0 Å². The van der Waals surface area contributed by atoms with Gasteiger partial charge in [0.1, 0.15) is 0 Å². The average Bonchev–Trinajstić information content (AvgIpc) is 2.44. The van der Waals surface area contributed by atoms with Crippen LogP contribution in [0.1, 0.15) is 20.3 Å². The number of pyridine rings is 1. The van der Waals surface area contributed by atoms with Gasteiger partial charge in [0.05, 0.1) is 17.7 Å². The number of nitrogens with one attached hydrogen (secondary N) is 2. The zero-order valence-electron chi connectivity index (χ0n) is 12.3. The number of halogens is 1. The van der Waals surface area contributed by atoms with Crippen LogP contribution in [0.4, 0.5) is 5.69 Å². The summed E-state index contributed by atoms with van der Waals surface area (Å²) in [6, 6.07) is 7.90. The number of rotatable bonds is 6. The number of fused-ring (bicyclic) bond motifs is 1. The molecule has 5 heteroatoms. The Morgan fingerprint density at radius 3 is 2.95 bits per heavy atom. The second kappa shape index (κ2) is 7.41. The van der Waals surface area contributed by atoms with E-state index in [1.54, 1.807) is 6.20 Å². The van der Waals surface area contributed by atoms with E-state index in [1.807, 2.05) is 24.3 Å². The summed E-state index contributed by atoms with van der Waals surface area (Å²) in [6.45, 7) is 5.27. The summed E-state index contributed by atoms with van der Waals surface area (Å²) < 4.78 is 0.943. The van der Waals surface area contributed by atoms with Crippen molar-refractivity contribution < 1.29 is 4.79 Å². The Bertz CT molecular complexity index is 628. The molecule has 1 heterocycles. The molecule has 0 atom stereocenters. The minimum atomic E-state index is 0.00441. The molecule has 0 aliphatic rings. The van der Waals surface area contributed by atoms with Crippen molar-refractivity contribution in [2.24, 2.45) is 5.92 Å². The van der Waals surface area contributed by atoms with Crippen LogP contribution in [0.2, 0.25) is 0 Å². The minimum absolute atomic E-state index is 0.00441. The summed E-state index contributed by atoms with van der Waals surface area (Å²) in [5.74, 6) is 0.601. The lowest BCUT2D eigenvalue weighted by molar-refractivity contribution is -0.119. The molecule has 0 spiro atoms. The fraction of sp³-hybridized carbons (Fsp3) is 0.375. The maximum absolute atomic E-state index is 11.8. The van der Waals surface area contributed by atoms with Crippen molar-refractivity contribution in [1.29, 1.82) is 0 Å². The summed E-state index contributed by atoms with van der Waals surface area (Å²) in [5, 5.41) is 7.10. The quantitative estimate of drug-likeness (QED) is 0.837. The number of hydrogen-bond donors (Lipinski definition) is 2. The van der Waals surface area contributed by atoms with Crippen LogP contribution in [0.25, 0.3) is 10.9 Å². The second-order valence-corrected chi connectivity index (χ2v) is 6.33. The number of nitrogens with zero attached hydrogens (tertiary/aromatic N) is 1. The van der Waals surface area contributed by atoms with Crippen molar-refractivity contribution in [1.82, 2.24) is 10.3 Å². The highest BCUT2D eigenvalue weighted by molar-refractivity contribution is 9.10. The van der Waals surface area contributed by atoms with Gasteiger partial charge in [-0.2, -0.15) is 0 Å². The van der Waals surface area contributed by atoms with Crippen molar-refractivity contribution in [3.8, 4) is 0 Å². The number of para-hydroxylation sites is 1. The van der Waals surface area contributed by atoms with E-state index in [-0.39, 0.29) is 12.5 Å². The fourth-order valence-electron chi connectivity index (χ4n) is 2.01. The van der Waals surface area contributed by atoms with Gasteiger partial charge in [0.2, 0.25) is 5.91 Å². The monoisotopic (exact) mass is 349 g/mol. The summed E-state index contributed by atoms with van der Waals surface area (Å²) in [7, 11) is 0. The molecule has 0 aliphatic carbocycles. The van der Waals surface area contributed by atoms with Gasteiger partial charge in [-0.25, -0.2) is 0 Å². The van der Waals surface area contributed by atoms with Crippen LogP contribution in [-0.2, 0) is 4.79 Å². The Morgan fingerprint density at radius 2 is 2.19 bits per heavy atom. The highest BCUT2D eigenvalue weighted by atomic mass is 79.9. The Labute approximate surface area is 133 Å². The van der Waals surface area contributed by atoms with E-state index in [4.69, 9.17) is 0 Å². The first-order valence-electron chi connectivity index (χ1n) is 7.11. The SMILES string of the molecule is CC(C)CCNC(=O)CNc1cccc2cc(Br)cnc12. The predicted octanol–water partition coefficient (Wildman–Crippen LogP) is 3.57. The molecular weight excluding hydrogens is 330 g/mol. The lowest BCUT2D eigenvalue weighted by atomic mass is 10.1. The van der Waals surface area contributed by atoms with Crippen LogP contribution >= 0.6 is 15.9 Å². The van der Waals surface area contributed by atoms with Gasteiger partial charge in [0.15, 0.2) is 0 Å². The van der Waals surface area contributed by atoms with E-state index in [2.05, 4.69) is 45.4 Å². The number of amides is 1. The van der Waals surface area contributed by atoms with Crippen LogP contribution in [0.3, 0.4) is 0 Å². The topological polar surface area (TPSA) is 54.0 Å². The van der Waals surface area contributed by atoms with Crippen molar-refractivity contribution in [3.05, 3.63) is 34.9 Å². The van der Waals surface area contributed by atoms with Gasteiger partial charge in [-0.1, -0.05) is 26.0 Å². The Hall–Kier alpha value is -1.62. The Balaban J connectivity index is 1.96. The zero-order chi connectivity index (χ0) is 15.2. The van der Waals surface area contributed by atoms with E-state index in [0.717, 1.165) is 34.0 Å². The molecule has 0 saturated carbocycles. The molecule has 2 rings (SSSR count). The van der Waals surface area contributed by atoms with Gasteiger partial charge < -0.3 is 10.6 Å². The van der Waals surface area contributed by atoms with Gasteiger partial charge in [-0.3, -0.25) is 9.78 Å². The summed E-state index contributed by atoms with van der Waals surface area (Å²) in [5.41, 5.74) is 1.75. The number of aromatic nitrogens is 1. The number of benzene rings is 1. The van der Waals surface area contributed by atoms with Crippen molar-refractivity contribution in [2.75, 3.05) is 18.4 Å². The van der Waals surface area contributed by atoms with Gasteiger partial charge in [-0.15, -0.1) is 0 Å². The average molecular weight is 350 g/mol. The van der Waals surface area contributed by atoms with Gasteiger partial charge in [0, 0.05) is 22.6 Å². The highest BCUT2D eigenvalue weighted by Gasteiger charge is 2.05. The van der Waals surface area contributed by atoms with Crippen LogP contribution in [0.15, 0.2) is 34.9 Å². The van der Waals surface area contributed by atoms with E-state index in [0.29, 0.717) is 5.92 Å². The molecule has 1 amide bonds. The van der Waals surface area contributed by atoms with Gasteiger partial charge in [0.25, 0.3) is 0 Å². The molecule has 0 saturated heterocycles. The Morgan fingerprint density at radius 1 is 1.38 bits per heavy atom. The minimum Gasteiger partial charge on any atom is -0.374 e. The zero-order valence-corrected chi connectivity index (χ0v) is 13.9. The lowest BCUT2D eigenvalue weighted by Crippen LogP contribution is -2.31. The number of hydrogen-bond acceptors (Lipinski definition) is 3. The molecule has 0 bridgehead atoms. The van der Waals surface area contributed by atoms with Crippen molar-refractivity contribution >= 4 is 38.4 Å². The van der Waals surface area contributed by atoms with E-state index in [9.17, 15) is 4.79 Å². The fourth-order valence-corrected chi connectivity index (χ4v) is 2.36. The number of carbonyl (C=O) groups is 1. The molecule has 0 unspecified atom stereocenters. The third kappa shape index (κ3) is 4.70.